The summed E-state index contributed by atoms with van der Waals surface area (Å²) in [5.74, 6) is 0.954. The van der Waals surface area contributed by atoms with Crippen molar-refractivity contribution in [1.82, 2.24) is 15.1 Å². The van der Waals surface area contributed by atoms with Gasteiger partial charge in [0.25, 0.3) is 0 Å². The summed E-state index contributed by atoms with van der Waals surface area (Å²) < 4.78 is 1.98. The molecule has 0 aromatic carbocycles. The molecule has 2 heterocycles. The van der Waals surface area contributed by atoms with Gasteiger partial charge in [-0.3, -0.25) is 9.48 Å². The van der Waals surface area contributed by atoms with Crippen LogP contribution >= 0.6 is 11.3 Å². The maximum absolute atomic E-state index is 12.0. The molecule has 1 aliphatic carbocycles. The van der Waals surface area contributed by atoms with Gasteiger partial charge in [-0.15, -0.1) is 11.3 Å². The van der Waals surface area contributed by atoms with Crippen molar-refractivity contribution >= 4 is 17.2 Å². The first kappa shape index (κ1) is 17.2. The van der Waals surface area contributed by atoms with E-state index in [1.165, 1.54) is 37.0 Å². The fourth-order valence-corrected chi connectivity index (χ4v) is 4.16. The second kappa shape index (κ2) is 8.47. The Morgan fingerprint density at radius 1 is 1.38 bits per heavy atom. The number of hydrogen-bond acceptors (Lipinski definition) is 3. The van der Waals surface area contributed by atoms with Crippen LogP contribution in [0.15, 0.2) is 23.6 Å². The zero-order valence-electron chi connectivity index (χ0n) is 14.5. The van der Waals surface area contributed by atoms with Gasteiger partial charge >= 0.3 is 0 Å². The maximum Gasteiger partial charge on any atom is 0.220 e. The summed E-state index contributed by atoms with van der Waals surface area (Å²) in [5.41, 5.74) is 2.15. The quantitative estimate of drug-likeness (QED) is 0.808. The summed E-state index contributed by atoms with van der Waals surface area (Å²) in [4.78, 5) is 13.2. The molecule has 0 atom stereocenters. The van der Waals surface area contributed by atoms with Gasteiger partial charge in [0.2, 0.25) is 5.91 Å². The Balaban J connectivity index is 1.40. The summed E-state index contributed by atoms with van der Waals surface area (Å²) in [5, 5.41) is 9.75. The van der Waals surface area contributed by atoms with E-state index in [1.807, 2.05) is 10.7 Å². The number of hydrogen-bond donors (Lipinski definition) is 1. The molecule has 0 aliphatic heterocycles. The molecule has 1 amide bonds. The largest absolute Gasteiger partial charge is 0.354 e. The normalized spacial score (nSPS) is 15.5. The molecule has 4 nitrogen and oxygen atoms in total. The highest BCUT2D eigenvalue weighted by atomic mass is 32.1. The molecule has 0 spiro atoms. The first-order valence-electron chi connectivity index (χ1n) is 9.07. The van der Waals surface area contributed by atoms with E-state index in [4.69, 9.17) is 0 Å². The van der Waals surface area contributed by atoms with Crippen LogP contribution in [0.3, 0.4) is 0 Å². The van der Waals surface area contributed by atoms with Crippen LogP contribution < -0.4 is 5.32 Å². The summed E-state index contributed by atoms with van der Waals surface area (Å²) in [6.45, 7) is 3.44. The van der Waals surface area contributed by atoms with Crippen LogP contribution in [-0.2, 0) is 11.3 Å². The number of nitrogens with zero attached hydrogens (tertiary/aromatic N) is 2. The van der Waals surface area contributed by atoms with Gasteiger partial charge in [-0.1, -0.05) is 38.2 Å². The SMILES string of the molecule is Cc1cc(-c2cccs2)nn1CCNC(=O)CCC1CCCCC1. The number of nitrogens with one attached hydrogen (secondary N) is 1. The lowest BCUT2D eigenvalue weighted by Crippen LogP contribution is -2.28. The second-order valence-corrected chi connectivity index (χ2v) is 7.71. The predicted octanol–water partition coefficient (Wildman–Crippen LogP) is 4.40. The minimum atomic E-state index is 0.184. The summed E-state index contributed by atoms with van der Waals surface area (Å²) in [6, 6.07) is 6.24. The standard InChI is InChI=1S/C19H27N3OS/c1-15-14-17(18-8-5-13-24-18)21-22(15)12-11-20-19(23)10-9-16-6-3-2-4-7-16/h5,8,13-14,16H,2-4,6-7,9-12H2,1H3,(H,20,23). The fraction of sp³-hybridized carbons (Fsp3) is 0.579. The topological polar surface area (TPSA) is 46.9 Å². The minimum Gasteiger partial charge on any atom is -0.354 e. The molecule has 5 heteroatoms. The summed E-state index contributed by atoms with van der Waals surface area (Å²) in [7, 11) is 0. The summed E-state index contributed by atoms with van der Waals surface area (Å²) in [6.07, 6.45) is 8.41. The van der Waals surface area contributed by atoms with Gasteiger partial charge in [-0.25, -0.2) is 0 Å². The molecule has 1 fully saturated rings. The van der Waals surface area contributed by atoms with Gasteiger partial charge in [0, 0.05) is 18.7 Å². The number of amides is 1. The Labute approximate surface area is 148 Å². The van der Waals surface area contributed by atoms with Gasteiger partial charge in [-0.05, 0) is 36.8 Å². The van der Waals surface area contributed by atoms with Crippen molar-refractivity contribution in [2.24, 2.45) is 5.92 Å². The van der Waals surface area contributed by atoms with E-state index < -0.39 is 0 Å². The van der Waals surface area contributed by atoms with Gasteiger partial charge in [0.15, 0.2) is 0 Å². The zero-order chi connectivity index (χ0) is 16.8. The molecule has 0 radical (unpaired) electrons. The highest BCUT2D eigenvalue weighted by Gasteiger charge is 2.14. The van der Waals surface area contributed by atoms with Crippen LogP contribution in [0.5, 0.6) is 0 Å². The molecule has 0 unspecified atom stereocenters. The average molecular weight is 346 g/mol. The van der Waals surface area contributed by atoms with Gasteiger partial charge in [0.05, 0.1) is 11.4 Å². The molecule has 24 heavy (non-hydrogen) atoms. The van der Waals surface area contributed by atoms with Gasteiger partial charge < -0.3 is 5.32 Å². The van der Waals surface area contributed by atoms with Crippen molar-refractivity contribution in [1.29, 1.82) is 0 Å². The summed E-state index contributed by atoms with van der Waals surface area (Å²) >= 11 is 1.70. The van der Waals surface area contributed by atoms with Gasteiger partial charge in [0.1, 0.15) is 5.69 Å². The lowest BCUT2D eigenvalue weighted by Gasteiger charge is -2.21. The third-order valence-corrected chi connectivity index (χ3v) is 5.80. The van der Waals surface area contributed by atoms with Crippen molar-refractivity contribution in [2.45, 2.75) is 58.4 Å². The van der Waals surface area contributed by atoms with Crippen LogP contribution in [0.2, 0.25) is 0 Å². The smallest absolute Gasteiger partial charge is 0.220 e. The Hall–Kier alpha value is -1.62. The lowest BCUT2D eigenvalue weighted by atomic mass is 9.86. The van der Waals surface area contributed by atoms with Crippen LogP contribution in [-0.4, -0.2) is 22.2 Å². The monoisotopic (exact) mass is 345 g/mol. The number of rotatable bonds is 7. The van der Waals surface area contributed by atoms with E-state index in [9.17, 15) is 4.79 Å². The van der Waals surface area contributed by atoms with E-state index >= 15 is 0 Å². The zero-order valence-corrected chi connectivity index (χ0v) is 15.3. The van der Waals surface area contributed by atoms with E-state index in [0.717, 1.165) is 30.3 Å². The fourth-order valence-electron chi connectivity index (χ4n) is 3.48. The molecule has 130 valence electrons. The van der Waals surface area contributed by atoms with Crippen LogP contribution in [0.4, 0.5) is 0 Å². The van der Waals surface area contributed by atoms with E-state index in [0.29, 0.717) is 13.0 Å². The van der Waals surface area contributed by atoms with Crippen LogP contribution in [0, 0.1) is 12.8 Å². The Kier molecular flexibility index (Phi) is 6.07. The average Bonchev–Trinajstić information content (AvgIpc) is 3.24. The highest BCUT2D eigenvalue weighted by molar-refractivity contribution is 7.13. The maximum atomic E-state index is 12.0. The molecule has 0 saturated heterocycles. The van der Waals surface area contributed by atoms with E-state index in [-0.39, 0.29) is 5.91 Å². The van der Waals surface area contributed by atoms with E-state index in [1.54, 1.807) is 11.3 Å². The molecule has 1 aliphatic rings. The third kappa shape index (κ3) is 4.69. The molecule has 3 rings (SSSR count). The Morgan fingerprint density at radius 3 is 2.96 bits per heavy atom. The number of aryl methyl sites for hydroxylation is 1. The molecule has 2 aromatic rings. The van der Waals surface area contributed by atoms with Crippen molar-refractivity contribution < 1.29 is 4.79 Å². The Morgan fingerprint density at radius 2 is 2.21 bits per heavy atom. The minimum absolute atomic E-state index is 0.184. The van der Waals surface area contributed by atoms with E-state index in [2.05, 4.69) is 34.9 Å². The van der Waals surface area contributed by atoms with Crippen molar-refractivity contribution in [3.05, 3.63) is 29.3 Å². The first-order valence-corrected chi connectivity index (χ1v) is 9.95. The first-order chi connectivity index (χ1) is 11.7. The van der Waals surface area contributed by atoms with Crippen molar-refractivity contribution in [3.8, 4) is 10.6 Å². The number of thiophene rings is 1. The second-order valence-electron chi connectivity index (χ2n) is 6.76. The molecule has 2 aromatic heterocycles. The van der Waals surface area contributed by atoms with Gasteiger partial charge in [-0.2, -0.15) is 5.10 Å². The molecule has 0 bridgehead atoms. The molecule has 1 N–H and O–H groups in total. The highest BCUT2D eigenvalue weighted by Crippen LogP contribution is 2.27. The van der Waals surface area contributed by atoms with Crippen molar-refractivity contribution in [2.75, 3.05) is 6.54 Å². The van der Waals surface area contributed by atoms with Crippen molar-refractivity contribution in [3.63, 3.8) is 0 Å². The predicted molar refractivity (Wildman–Crippen MR) is 99.1 cm³/mol. The molecule has 1 saturated carbocycles. The lowest BCUT2D eigenvalue weighted by molar-refractivity contribution is -0.121. The molecular formula is C19H27N3OS. The number of carbonyl (C=O) groups excluding carboxylic acids is 1. The Bertz CT molecular complexity index is 642. The molecular weight excluding hydrogens is 318 g/mol. The number of carbonyl (C=O) groups is 1. The van der Waals surface area contributed by atoms with Crippen LogP contribution in [0.25, 0.3) is 10.6 Å². The number of aromatic nitrogens is 2. The van der Waals surface area contributed by atoms with Crippen LogP contribution in [0.1, 0.15) is 50.6 Å². The third-order valence-electron chi connectivity index (χ3n) is 4.90.